The van der Waals surface area contributed by atoms with Crippen LogP contribution in [-0.2, 0) is 68.7 Å². The molecule has 414 valence electrons. The summed E-state index contributed by atoms with van der Waals surface area (Å²) in [6, 6.07) is -15.1. The number of nitrogens with zero attached hydrogens (tertiary/aromatic N) is 1. The van der Waals surface area contributed by atoms with Crippen molar-refractivity contribution in [2.75, 3.05) is 13.2 Å². The highest BCUT2D eigenvalue weighted by Crippen LogP contribution is 2.09. The number of carbonyl (C=O) groups excluding carboxylic acids is 9. The molecule has 0 spiro atoms. The second-order valence-electron chi connectivity index (χ2n) is 17.3. The van der Waals surface area contributed by atoms with Crippen LogP contribution in [-0.4, -0.2) is 202 Å². The maximum Gasteiger partial charge on any atom is 0.326 e. The standard InChI is InChI=1S/C42H66N12O20/c1-17(2)10-25(38(69)47-18(3)34(65)53-32(19(4)56)40(71)50-24(42(73)74)7-9-30(61)62)51-39(70)26(12-31(63)64)48-28(58)14-45-36(67)27(15-55)52-41(72)33(20(5)57)54-37(68)23(6-8-29(59)60)49-35(66)22(43)11-21-13-44-16-46-21/h13,16-20,22-27,32-33,55-57H,6-12,14-15,43H2,1-5H3,(H,44,46)(H,45,67)(H,47,69)(H,48,58)(H,49,66)(H,50,71)(H,51,70)(H,52,72)(H,53,65)(H,54,68)(H,59,60)(H,61,62)(H,63,64)(H,73,74)/t18-,19+,20+,22-,23-,24-,25-,26-,27-,32-,33-/m0/s1. The SMILES string of the molecule is CC(C)C[C@H](NC(=O)[C@H](CC(=O)O)NC(=O)CNC(=O)[C@H](CO)NC(=O)[C@@H](NC(=O)[C@H](CCC(=O)O)NC(=O)[C@@H](N)Cc1cnc[nH]1)[C@@H](C)O)C(=O)N[C@@H](C)C(=O)N[C@H](C(=O)N[C@@H](CCC(=O)O)C(=O)O)[C@@H](C)O. The number of aliphatic hydroxyl groups excluding tert-OH is 3. The smallest absolute Gasteiger partial charge is 0.326 e. The van der Waals surface area contributed by atoms with Crippen LogP contribution >= 0.6 is 0 Å². The van der Waals surface area contributed by atoms with Gasteiger partial charge in [-0.2, -0.15) is 0 Å². The van der Waals surface area contributed by atoms with E-state index in [9.17, 15) is 93.0 Å². The first-order valence-electron chi connectivity index (χ1n) is 22.7. The number of H-pyrrole nitrogens is 1. The zero-order chi connectivity index (χ0) is 56.6. The molecule has 0 fully saturated rings. The number of nitrogens with two attached hydrogens (primary N) is 1. The summed E-state index contributed by atoms with van der Waals surface area (Å²) < 4.78 is 0. The molecule has 0 saturated heterocycles. The van der Waals surface area contributed by atoms with Gasteiger partial charge in [0.2, 0.25) is 53.2 Å². The number of hydrogen-bond donors (Lipinski definition) is 18. The van der Waals surface area contributed by atoms with Crippen molar-refractivity contribution < 1.29 is 98.1 Å². The van der Waals surface area contributed by atoms with Crippen LogP contribution in [0.3, 0.4) is 0 Å². The van der Waals surface area contributed by atoms with Gasteiger partial charge in [-0.25, -0.2) is 9.78 Å². The van der Waals surface area contributed by atoms with E-state index in [1.807, 2.05) is 10.6 Å². The van der Waals surface area contributed by atoms with Crippen LogP contribution in [0.1, 0.15) is 78.8 Å². The van der Waals surface area contributed by atoms with Crippen LogP contribution in [0.15, 0.2) is 12.5 Å². The van der Waals surface area contributed by atoms with Crippen molar-refractivity contribution in [1.82, 2.24) is 57.8 Å². The minimum atomic E-state index is -1.92. The molecule has 74 heavy (non-hydrogen) atoms. The lowest BCUT2D eigenvalue weighted by Crippen LogP contribution is -2.61. The van der Waals surface area contributed by atoms with E-state index in [1.165, 1.54) is 12.5 Å². The summed E-state index contributed by atoms with van der Waals surface area (Å²) in [7, 11) is 0. The molecule has 11 atom stereocenters. The Labute approximate surface area is 421 Å². The number of aliphatic hydroxyl groups is 3. The van der Waals surface area contributed by atoms with Gasteiger partial charge in [0, 0.05) is 31.2 Å². The quantitative estimate of drug-likeness (QED) is 0.0305. The number of imidazole rings is 1. The number of carbonyl (C=O) groups is 13. The first kappa shape index (κ1) is 64.2. The van der Waals surface area contributed by atoms with E-state index < -0.39 is 189 Å². The molecule has 0 aromatic carbocycles. The lowest BCUT2D eigenvalue weighted by molar-refractivity contribution is -0.144. The maximum atomic E-state index is 13.4. The number of hydrogen-bond acceptors (Lipinski definition) is 18. The summed E-state index contributed by atoms with van der Waals surface area (Å²) in [5, 5.41) is 86.8. The third-order valence-corrected chi connectivity index (χ3v) is 10.4. The summed E-state index contributed by atoms with van der Waals surface area (Å²) in [6.45, 7) is 4.35. The van der Waals surface area contributed by atoms with Crippen LogP contribution in [0.4, 0.5) is 0 Å². The van der Waals surface area contributed by atoms with Crippen LogP contribution < -0.4 is 53.6 Å². The number of rotatable bonds is 34. The van der Waals surface area contributed by atoms with E-state index in [-0.39, 0.29) is 18.8 Å². The van der Waals surface area contributed by atoms with Gasteiger partial charge in [0.15, 0.2) is 0 Å². The number of carboxylic acid groups (broad SMARTS) is 4. The Morgan fingerprint density at radius 3 is 1.53 bits per heavy atom. The molecule has 0 bridgehead atoms. The van der Waals surface area contributed by atoms with Gasteiger partial charge in [0.05, 0.1) is 44.1 Å². The number of amides is 9. The summed E-state index contributed by atoms with van der Waals surface area (Å²) in [5.41, 5.74) is 6.38. The fourth-order valence-electron chi connectivity index (χ4n) is 6.40. The Morgan fingerprint density at radius 2 is 1.05 bits per heavy atom. The fraction of sp³-hybridized carbons (Fsp3) is 0.619. The van der Waals surface area contributed by atoms with Gasteiger partial charge in [0.25, 0.3) is 0 Å². The van der Waals surface area contributed by atoms with Crippen molar-refractivity contribution >= 4 is 77.0 Å². The summed E-state index contributed by atoms with van der Waals surface area (Å²) in [6.07, 6.45) is -4.23. The summed E-state index contributed by atoms with van der Waals surface area (Å²) >= 11 is 0. The molecule has 1 rings (SSSR count). The molecule has 1 heterocycles. The minimum absolute atomic E-state index is 0.0580. The molecule has 1 aromatic rings. The molecule has 32 nitrogen and oxygen atoms in total. The van der Waals surface area contributed by atoms with Gasteiger partial charge in [0.1, 0.15) is 48.3 Å². The predicted octanol–water partition coefficient (Wildman–Crippen LogP) is -7.62. The van der Waals surface area contributed by atoms with Gasteiger partial charge < -0.3 is 94.3 Å². The number of carboxylic acids is 4. The van der Waals surface area contributed by atoms with E-state index in [0.717, 1.165) is 20.8 Å². The number of nitrogens with one attached hydrogen (secondary N) is 10. The lowest BCUT2D eigenvalue weighted by atomic mass is 10.0. The monoisotopic (exact) mass is 1060 g/mol. The van der Waals surface area contributed by atoms with E-state index in [2.05, 4.69) is 47.2 Å². The normalized spacial score (nSPS) is 15.5. The number of aromatic amines is 1. The van der Waals surface area contributed by atoms with Gasteiger partial charge in [-0.05, 0) is 46.0 Å². The van der Waals surface area contributed by atoms with Gasteiger partial charge in [-0.15, -0.1) is 0 Å². The van der Waals surface area contributed by atoms with Gasteiger partial charge >= 0.3 is 23.9 Å². The Hall–Kier alpha value is -7.84. The average molecular weight is 1060 g/mol. The van der Waals surface area contributed by atoms with Crippen molar-refractivity contribution in [1.29, 1.82) is 0 Å². The molecule has 0 radical (unpaired) electrons. The number of aromatic nitrogens is 2. The lowest BCUT2D eigenvalue weighted by Gasteiger charge is -2.27. The molecule has 9 amide bonds. The van der Waals surface area contributed by atoms with E-state index >= 15 is 0 Å². The Morgan fingerprint density at radius 1 is 0.568 bits per heavy atom. The molecule has 32 heteroatoms. The van der Waals surface area contributed by atoms with Gasteiger partial charge in [-0.3, -0.25) is 57.5 Å². The molecule has 0 aliphatic heterocycles. The topological polar surface area (TPSA) is 526 Å². The van der Waals surface area contributed by atoms with E-state index in [4.69, 9.17) is 10.8 Å². The Kier molecular flexibility index (Phi) is 27.4. The van der Waals surface area contributed by atoms with E-state index in [1.54, 1.807) is 13.8 Å². The molecule has 0 saturated carbocycles. The highest BCUT2D eigenvalue weighted by Gasteiger charge is 2.36. The van der Waals surface area contributed by atoms with Crippen LogP contribution in [0.25, 0.3) is 0 Å². The second-order valence-corrected chi connectivity index (χ2v) is 17.3. The van der Waals surface area contributed by atoms with Crippen molar-refractivity contribution in [2.45, 2.75) is 146 Å². The van der Waals surface area contributed by atoms with Crippen molar-refractivity contribution in [3.05, 3.63) is 18.2 Å². The average Bonchev–Trinajstić information content (AvgIpc) is 3.82. The van der Waals surface area contributed by atoms with Crippen LogP contribution in [0.2, 0.25) is 0 Å². The molecular formula is C42H66N12O20. The van der Waals surface area contributed by atoms with Crippen molar-refractivity contribution in [3.63, 3.8) is 0 Å². The largest absolute Gasteiger partial charge is 0.481 e. The first-order chi connectivity index (χ1) is 34.5. The van der Waals surface area contributed by atoms with E-state index in [0.29, 0.717) is 5.69 Å². The van der Waals surface area contributed by atoms with Gasteiger partial charge in [-0.1, -0.05) is 13.8 Å². The Bertz CT molecular complexity index is 2160. The first-order valence-corrected chi connectivity index (χ1v) is 22.7. The minimum Gasteiger partial charge on any atom is -0.481 e. The summed E-state index contributed by atoms with van der Waals surface area (Å²) in [5.74, 6) is -16.6. The summed E-state index contributed by atoms with van der Waals surface area (Å²) in [4.78, 5) is 170. The third kappa shape index (κ3) is 23.6. The molecule has 0 aliphatic carbocycles. The highest BCUT2D eigenvalue weighted by molar-refractivity contribution is 5.98. The highest BCUT2D eigenvalue weighted by atomic mass is 16.4. The zero-order valence-electron chi connectivity index (χ0n) is 40.9. The fourth-order valence-corrected chi connectivity index (χ4v) is 6.40. The number of aliphatic carboxylic acids is 4. The Balaban J connectivity index is 3.05. The molecule has 1 aromatic heterocycles. The van der Waals surface area contributed by atoms with Crippen molar-refractivity contribution in [3.8, 4) is 0 Å². The zero-order valence-corrected chi connectivity index (χ0v) is 40.9. The molecule has 0 unspecified atom stereocenters. The maximum absolute atomic E-state index is 13.4. The van der Waals surface area contributed by atoms with Crippen molar-refractivity contribution in [2.24, 2.45) is 11.7 Å². The molecule has 0 aliphatic rings. The predicted molar refractivity (Wildman–Crippen MR) is 248 cm³/mol. The molecular weight excluding hydrogens is 993 g/mol. The van der Waals surface area contributed by atoms with Crippen LogP contribution in [0, 0.1) is 5.92 Å². The second kappa shape index (κ2) is 31.6. The third-order valence-electron chi connectivity index (χ3n) is 10.4. The van der Waals surface area contributed by atoms with Crippen LogP contribution in [0.5, 0.6) is 0 Å². The molecule has 19 N–H and O–H groups in total.